The molecule has 0 fully saturated rings. The normalized spacial score (nSPS) is 12.5. The molecule has 3 aromatic rings. The SMILES string of the molecule is CCC(C)N(Cc1cccc(OS(C)(=O)=O)c1)C(=O)c1cccc2ccccc12. The Kier molecular flexibility index (Phi) is 6.23. The second-order valence-corrected chi connectivity index (χ2v) is 8.73. The summed E-state index contributed by atoms with van der Waals surface area (Å²) in [7, 11) is -3.61. The molecule has 152 valence electrons. The number of hydrogen-bond donors (Lipinski definition) is 0. The Hall–Kier alpha value is -2.86. The second kappa shape index (κ2) is 8.66. The maximum atomic E-state index is 13.5. The van der Waals surface area contributed by atoms with Gasteiger partial charge < -0.3 is 9.08 Å². The Bertz CT molecular complexity index is 1120. The van der Waals surface area contributed by atoms with Gasteiger partial charge in [0.25, 0.3) is 5.91 Å². The van der Waals surface area contributed by atoms with Crippen LogP contribution in [-0.2, 0) is 16.7 Å². The quantitative estimate of drug-likeness (QED) is 0.532. The summed E-state index contributed by atoms with van der Waals surface area (Å²) >= 11 is 0. The standard InChI is InChI=1S/C23H25NO4S/c1-4-17(2)24(16-18-9-7-12-20(15-18)28-29(3,26)27)23(25)22-14-8-11-19-10-5-6-13-21(19)22/h5-15,17H,4,16H2,1-3H3. The van der Waals surface area contributed by atoms with Crippen LogP contribution in [0.4, 0.5) is 0 Å². The first-order valence-electron chi connectivity index (χ1n) is 9.55. The molecule has 0 saturated heterocycles. The van der Waals surface area contributed by atoms with Crippen molar-refractivity contribution in [3.8, 4) is 5.75 Å². The van der Waals surface area contributed by atoms with Crippen LogP contribution in [-0.4, -0.2) is 31.5 Å². The molecule has 3 rings (SSSR count). The van der Waals surface area contributed by atoms with Gasteiger partial charge in [-0.1, -0.05) is 55.5 Å². The van der Waals surface area contributed by atoms with Crippen LogP contribution in [0.1, 0.15) is 36.2 Å². The lowest BCUT2D eigenvalue weighted by Gasteiger charge is -2.29. The van der Waals surface area contributed by atoms with Crippen LogP contribution in [0, 0.1) is 0 Å². The minimum atomic E-state index is -3.61. The number of carbonyl (C=O) groups excluding carboxylic acids is 1. The number of nitrogens with zero attached hydrogens (tertiary/aromatic N) is 1. The molecule has 0 spiro atoms. The van der Waals surface area contributed by atoms with E-state index < -0.39 is 10.1 Å². The van der Waals surface area contributed by atoms with Gasteiger partial charge in [0, 0.05) is 18.2 Å². The number of amides is 1. The molecule has 0 N–H and O–H groups in total. The average Bonchev–Trinajstić information content (AvgIpc) is 2.69. The minimum Gasteiger partial charge on any atom is -0.383 e. The molecule has 1 amide bonds. The molecule has 3 aromatic carbocycles. The number of carbonyl (C=O) groups is 1. The minimum absolute atomic E-state index is 0.0148. The molecule has 0 aliphatic carbocycles. The molecule has 1 atom stereocenters. The second-order valence-electron chi connectivity index (χ2n) is 7.15. The van der Waals surface area contributed by atoms with E-state index in [2.05, 4.69) is 0 Å². The van der Waals surface area contributed by atoms with Crippen LogP contribution >= 0.6 is 0 Å². The van der Waals surface area contributed by atoms with Crippen molar-refractivity contribution in [1.29, 1.82) is 0 Å². The highest BCUT2D eigenvalue weighted by Crippen LogP contribution is 2.24. The molecule has 0 aliphatic rings. The molecule has 29 heavy (non-hydrogen) atoms. The maximum absolute atomic E-state index is 13.5. The summed E-state index contributed by atoms with van der Waals surface area (Å²) in [5, 5.41) is 1.94. The van der Waals surface area contributed by atoms with E-state index in [1.165, 1.54) is 0 Å². The molecule has 1 unspecified atom stereocenters. The lowest BCUT2D eigenvalue weighted by Crippen LogP contribution is -2.37. The lowest BCUT2D eigenvalue weighted by atomic mass is 10.0. The Morgan fingerprint density at radius 2 is 1.72 bits per heavy atom. The molecule has 0 saturated carbocycles. The molecule has 0 bridgehead atoms. The monoisotopic (exact) mass is 411 g/mol. The summed E-state index contributed by atoms with van der Waals surface area (Å²) in [6, 6.07) is 20.4. The van der Waals surface area contributed by atoms with Crippen LogP contribution in [0.2, 0.25) is 0 Å². The zero-order chi connectivity index (χ0) is 21.0. The first kappa shape index (κ1) is 20.9. The molecule has 0 aromatic heterocycles. The van der Waals surface area contributed by atoms with Crippen LogP contribution in [0.15, 0.2) is 66.7 Å². The molecule has 0 aliphatic heterocycles. The largest absolute Gasteiger partial charge is 0.383 e. The van der Waals surface area contributed by atoms with E-state index in [0.717, 1.165) is 29.0 Å². The Balaban J connectivity index is 1.95. The number of rotatable bonds is 7. The molecular formula is C23H25NO4S. The van der Waals surface area contributed by atoms with Crippen molar-refractivity contribution in [2.24, 2.45) is 0 Å². The van der Waals surface area contributed by atoms with Crippen LogP contribution in [0.3, 0.4) is 0 Å². The van der Waals surface area contributed by atoms with Crippen molar-refractivity contribution in [1.82, 2.24) is 4.90 Å². The number of benzene rings is 3. The molecule has 6 heteroatoms. The Morgan fingerprint density at radius 3 is 2.45 bits per heavy atom. The van der Waals surface area contributed by atoms with Gasteiger partial charge in [0.1, 0.15) is 5.75 Å². The summed E-state index contributed by atoms with van der Waals surface area (Å²) in [6.07, 6.45) is 1.81. The topological polar surface area (TPSA) is 63.7 Å². The summed E-state index contributed by atoms with van der Waals surface area (Å²) in [5.41, 5.74) is 1.46. The fraction of sp³-hybridized carbons (Fsp3) is 0.261. The van der Waals surface area contributed by atoms with Gasteiger partial charge in [0.2, 0.25) is 0 Å². The Labute approximate surface area is 172 Å². The fourth-order valence-electron chi connectivity index (χ4n) is 3.28. The van der Waals surface area contributed by atoms with E-state index in [4.69, 9.17) is 4.18 Å². The molecular weight excluding hydrogens is 386 g/mol. The van der Waals surface area contributed by atoms with E-state index in [9.17, 15) is 13.2 Å². The van der Waals surface area contributed by atoms with Crippen molar-refractivity contribution in [3.05, 3.63) is 77.9 Å². The van der Waals surface area contributed by atoms with E-state index >= 15 is 0 Å². The summed E-state index contributed by atoms with van der Waals surface area (Å²) in [4.78, 5) is 15.3. The summed E-state index contributed by atoms with van der Waals surface area (Å²) in [5.74, 6) is 0.192. The van der Waals surface area contributed by atoms with Gasteiger partial charge in [-0.2, -0.15) is 8.42 Å². The smallest absolute Gasteiger partial charge is 0.306 e. The third-order valence-corrected chi connectivity index (χ3v) is 5.40. The van der Waals surface area contributed by atoms with Crippen LogP contribution in [0.25, 0.3) is 10.8 Å². The molecule has 5 nitrogen and oxygen atoms in total. The van der Waals surface area contributed by atoms with E-state index in [-0.39, 0.29) is 17.7 Å². The lowest BCUT2D eigenvalue weighted by molar-refractivity contribution is 0.0673. The van der Waals surface area contributed by atoms with Crippen molar-refractivity contribution >= 4 is 26.8 Å². The fourth-order valence-corrected chi connectivity index (χ4v) is 3.74. The predicted octanol–water partition coefficient (Wildman–Crippen LogP) is 4.62. The summed E-state index contributed by atoms with van der Waals surface area (Å²) in [6.45, 7) is 4.41. The zero-order valence-electron chi connectivity index (χ0n) is 16.8. The summed E-state index contributed by atoms with van der Waals surface area (Å²) < 4.78 is 27.8. The van der Waals surface area contributed by atoms with Gasteiger partial charge in [-0.15, -0.1) is 0 Å². The molecule has 0 heterocycles. The van der Waals surface area contributed by atoms with Gasteiger partial charge in [-0.05, 0) is 47.9 Å². The first-order valence-corrected chi connectivity index (χ1v) is 11.4. The zero-order valence-corrected chi connectivity index (χ0v) is 17.6. The highest BCUT2D eigenvalue weighted by Gasteiger charge is 2.22. The van der Waals surface area contributed by atoms with Gasteiger partial charge in [0.05, 0.1) is 6.26 Å². The van der Waals surface area contributed by atoms with Gasteiger partial charge in [-0.25, -0.2) is 0 Å². The van der Waals surface area contributed by atoms with Crippen molar-refractivity contribution in [2.45, 2.75) is 32.9 Å². The van der Waals surface area contributed by atoms with Crippen LogP contribution in [0.5, 0.6) is 5.75 Å². The van der Waals surface area contributed by atoms with Crippen molar-refractivity contribution in [3.63, 3.8) is 0 Å². The van der Waals surface area contributed by atoms with E-state index in [1.54, 1.807) is 18.2 Å². The Morgan fingerprint density at radius 1 is 1.03 bits per heavy atom. The van der Waals surface area contributed by atoms with Crippen LogP contribution < -0.4 is 4.18 Å². The maximum Gasteiger partial charge on any atom is 0.306 e. The number of fused-ring (bicyclic) bond motifs is 1. The predicted molar refractivity (Wildman–Crippen MR) is 115 cm³/mol. The first-order chi connectivity index (χ1) is 13.8. The van der Waals surface area contributed by atoms with Crippen molar-refractivity contribution in [2.75, 3.05) is 6.26 Å². The third-order valence-electron chi connectivity index (χ3n) is 4.90. The van der Waals surface area contributed by atoms with Gasteiger partial charge in [-0.3, -0.25) is 4.79 Å². The number of hydrogen-bond acceptors (Lipinski definition) is 4. The van der Waals surface area contributed by atoms with Gasteiger partial charge in [0.15, 0.2) is 0 Å². The highest BCUT2D eigenvalue weighted by molar-refractivity contribution is 7.86. The molecule has 0 radical (unpaired) electrons. The third kappa shape index (κ3) is 5.15. The highest BCUT2D eigenvalue weighted by atomic mass is 32.2. The average molecular weight is 412 g/mol. The van der Waals surface area contributed by atoms with E-state index in [1.807, 2.05) is 67.3 Å². The van der Waals surface area contributed by atoms with Gasteiger partial charge >= 0.3 is 10.1 Å². The van der Waals surface area contributed by atoms with Crippen molar-refractivity contribution < 1.29 is 17.4 Å². The van der Waals surface area contributed by atoms with E-state index in [0.29, 0.717) is 12.1 Å².